The Kier molecular flexibility index (Phi) is 6.68. The third-order valence-electron chi connectivity index (χ3n) is 2.99. The van der Waals surface area contributed by atoms with Crippen LogP contribution in [0.4, 0.5) is 4.79 Å². The molecule has 2 unspecified atom stereocenters. The van der Waals surface area contributed by atoms with Crippen LogP contribution in [-0.2, 0) is 14.3 Å². The van der Waals surface area contributed by atoms with Gasteiger partial charge in [0.25, 0.3) is 0 Å². The molecule has 8 heteroatoms. The van der Waals surface area contributed by atoms with E-state index in [1.807, 2.05) is 20.8 Å². The summed E-state index contributed by atoms with van der Waals surface area (Å²) >= 11 is 0.246. The van der Waals surface area contributed by atoms with Crippen LogP contribution < -0.4 is 5.32 Å². The molecule has 0 saturated carbocycles. The van der Waals surface area contributed by atoms with Crippen molar-refractivity contribution in [1.29, 1.82) is 0 Å². The minimum absolute atomic E-state index is 0.246. The number of carboxylic acids is 1. The van der Waals surface area contributed by atoms with E-state index < -0.39 is 17.6 Å². The van der Waals surface area contributed by atoms with E-state index in [9.17, 15) is 14.4 Å². The fourth-order valence-corrected chi connectivity index (χ4v) is 4.53. The summed E-state index contributed by atoms with van der Waals surface area (Å²) in [5.41, 5.74) is 0.173. The predicted octanol–water partition coefficient (Wildman–Crippen LogP) is 1.06. The molecule has 0 spiro atoms. The van der Waals surface area contributed by atoms with E-state index >= 15 is 0 Å². The van der Waals surface area contributed by atoms with E-state index in [1.165, 1.54) is 6.92 Å². The SMILES string of the molecule is CC(=O)NC(CCC1CN(C(=O)OC(C)(C)C)C[Se]1)C(=O)O. The van der Waals surface area contributed by atoms with Crippen molar-refractivity contribution in [1.82, 2.24) is 10.2 Å². The number of carbonyl (C=O) groups is 3. The number of carboxylic acid groups (broad SMARTS) is 1. The van der Waals surface area contributed by atoms with E-state index in [4.69, 9.17) is 9.84 Å². The van der Waals surface area contributed by atoms with E-state index in [-0.39, 0.29) is 27.0 Å². The maximum atomic E-state index is 12.0. The molecule has 2 amide bonds. The normalized spacial score (nSPS) is 19.6. The Morgan fingerprint density at radius 1 is 1.41 bits per heavy atom. The van der Waals surface area contributed by atoms with Gasteiger partial charge in [-0.1, -0.05) is 0 Å². The second-order valence-electron chi connectivity index (χ2n) is 6.29. The zero-order valence-electron chi connectivity index (χ0n) is 13.4. The standard InChI is InChI=1S/C14H24N2O5Se/c1-9(17)15-11(12(18)19)6-5-10-7-16(8-22-10)13(20)21-14(2,3)4/h10-11H,5-8H2,1-4H3,(H,15,17)(H,18,19). The second kappa shape index (κ2) is 7.83. The third-order valence-corrected chi connectivity index (χ3v) is 5.76. The number of ether oxygens (including phenoxy) is 1. The Hall–Kier alpha value is -1.27. The summed E-state index contributed by atoms with van der Waals surface area (Å²) in [6, 6.07) is -0.858. The van der Waals surface area contributed by atoms with Gasteiger partial charge in [-0.25, -0.2) is 0 Å². The van der Waals surface area contributed by atoms with Gasteiger partial charge in [0.1, 0.15) is 0 Å². The second-order valence-corrected chi connectivity index (χ2v) is 8.93. The van der Waals surface area contributed by atoms with Crippen LogP contribution >= 0.6 is 0 Å². The van der Waals surface area contributed by atoms with E-state index in [0.29, 0.717) is 29.6 Å². The van der Waals surface area contributed by atoms with Gasteiger partial charge >= 0.3 is 136 Å². The molecule has 0 aromatic rings. The molecule has 1 rings (SSSR count). The van der Waals surface area contributed by atoms with Gasteiger partial charge in [0.15, 0.2) is 0 Å². The number of nitrogens with zero attached hydrogens (tertiary/aromatic N) is 1. The van der Waals surface area contributed by atoms with Gasteiger partial charge in [-0.05, 0) is 0 Å². The van der Waals surface area contributed by atoms with Crippen molar-refractivity contribution in [3.63, 3.8) is 0 Å². The van der Waals surface area contributed by atoms with Crippen molar-refractivity contribution in [3.8, 4) is 0 Å². The Morgan fingerprint density at radius 3 is 2.55 bits per heavy atom. The van der Waals surface area contributed by atoms with Crippen LogP contribution in [0.5, 0.6) is 0 Å². The monoisotopic (exact) mass is 380 g/mol. The molecular weight excluding hydrogens is 355 g/mol. The van der Waals surface area contributed by atoms with Gasteiger partial charge in [-0.3, -0.25) is 0 Å². The van der Waals surface area contributed by atoms with E-state index in [1.54, 1.807) is 4.90 Å². The maximum absolute atomic E-state index is 12.0. The third kappa shape index (κ3) is 6.66. The van der Waals surface area contributed by atoms with Crippen molar-refractivity contribution in [3.05, 3.63) is 0 Å². The van der Waals surface area contributed by atoms with Crippen LogP contribution in [0, 0.1) is 0 Å². The number of hydrogen-bond acceptors (Lipinski definition) is 4. The van der Waals surface area contributed by atoms with Gasteiger partial charge in [0.2, 0.25) is 0 Å². The Bertz CT molecular complexity index is 435. The molecule has 1 heterocycles. The zero-order chi connectivity index (χ0) is 16.9. The molecule has 0 aromatic heterocycles. The number of amides is 2. The van der Waals surface area contributed by atoms with Crippen LogP contribution in [0.3, 0.4) is 0 Å². The minimum atomic E-state index is -1.02. The molecule has 1 aliphatic heterocycles. The average molecular weight is 379 g/mol. The van der Waals surface area contributed by atoms with Crippen molar-refractivity contribution >= 4 is 32.9 Å². The summed E-state index contributed by atoms with van der Waals surface area (Å²) in [6.45, 7) is 7.39. The Balaban J connectivity index is 2.42. The molecule has 7 nitrogen and oxygen atoms in total. The van der Waals surface area contributed by atoms with Crippen LogP contribution in [0.25, 0.3) is 0 Å². The molecule has 0 aromatic carbocycles. The molecule has 1 saturated heterocycles. The van der Waals surface area contributed by atoms with Gasteiger partial charge in [0.05, 0.1) is 0 Å². The van der Waals surface area contributed by atoms with Gasteiger partial charge in [0, 0.05) is 0 Å². The van der Waals surface area contributed by atoms with Gasteiger partial charge < -0.3 is 0 Å². The predicted molar refractivity (Wildman–Crippen MR) is 81.8 cm³/mol. The molecule has 0 bridgehead atoms. The number of nitrogens with one attached hydrogen (secondary N) is 1. The molecular formula is C14H24N2O5Se. The molecule has 0 radical (unpaired) electrons. The van der Waals surface area contributed by atoms with E-state index in [2.05, 4.69) is 5.32 Å². The van der Waals surface area contributed by atoms with Gasteiger partial charge in [-0.2, -0.15) is 0 Å². The van der Waals surface area contributed by atoms with Crippen LogP contribution in [-0.4, -0.2) is 66.6 Å². The molecule has 1 fully saturated rings. The Morgan fingerprint density at radius 2 is 2.05 bits per heavy atom. The first-order chi connectivity index (χ1) is 10.1. The summed E-state index contributed by atoms with van der Waals surface area (Å²) in [5.74, 6) is -1.37. The molecule has 2 N–H and O–H groups in total. The fraction of sp³-hybridized carbons (Fsp3) is 0.786. The van der Waals surface area contributed by atoms with E-state index in [0.717, 1.165) is 0 Å². The summed E-state index contributed by atoms with van der Waals surface area (Å²) in [6.07, 6.45) is 0.744. The first-order valence-corrected chi connectivity index (χ1v) is 9.38. The van der Waals surface area contributed by atoms with Crippen molar-refractivity contribution < 1.29 is 24.2 Å². The van der Waals surface area contributed by atoms with Crippen LogP contribution in [0.15, 0.2) is 0 Å². The average Bonchev–Trinajstić information content (AvgIpc) is 2.80. The van der Waals surface area contributed by atoms with Crippen molar-refractivity contribution in [2.45, 2.75) is 57.0 Å². The van der Waals surface area contributed by atoms with Crippen molar-refractivity contribution in [2.24, 2.45) is 0 Å². The number of carbonyl (C=O) groups excluding carboxylic acids is 2. The number of rotatable bonds is 5. The number of aliphatic carboxylic acids is 1. The van der Waals surface area contributed by atoms with Crippen LogP contribution in [0.1, 0.15) is 40.5 Å². The molecule has 1 aliphatic rings. The fourth-order valence-electron chi connectivity index (χ4n) is 2.03. The quantitative estimate of drug-likeness (QED) is 0.697. The number of hydrogen-bond donors (Lipinski definition) is 2. The van der Waals surface area contributed by atoms with Crippen LogP contribution in [0.2, 0.25) is 4.82 Å². The summed E-state index contributed by atoms with van der Waals surface area (Å²) in [7, 11) is 0. The van der Waals surface area contributed by atoms with Gasteiger partial charge in [-0.15, -0.1) is 0 Å². The Labute approximate surface area is 136 Å². The molecule has 126 valence electrons. The zero-order valence-corrected chi connectivity index (χ0v) is 15.1. The summed E-state index contributed by atoms with van der Waals surface area (Å²) in [4.78, 5) is 36.0. The molecule has 2 atom stereocenters. The topological polar surface area (TPSA) is 95.9 Å². The first-order valence-electron chi connectivity index (χ1n) is 7.18. The molecule has 0 aliphatic carbocycles. The summed E-state index contributed by atoms with van der Waals surface area (Å²) in [5, 5.41) is 11.5. The summed E-state index contributed by atoms with van der Waals surface area (Å²) < 4.78 is 5.33. The molecule has 22 heavy (non-hydrogen) atoms. The first kappa shape index (κ1) is 18.8. The van der Waals surface area contributed by atoms with Crippen molar-refractivity contribution in [2.75, 3.05) is 12.0 Å².